The molecule has 0 amide bonds. The summed E-state index contributed by atoms with van der Waals surface area (Å²) in [7, 11) is 0. The van der Waals surface area contributed by atoms with Crippen LogP contribution in [0.25, 0.3) is 0 Å². The van der Waals surface area contributed by atoms with Gasteiger partial charge in [-0.1, -0.05) is 73.6 Å². The maximum Gasteiger partial charge on any atom is -0.0417 e. The second-order valence-corrected chi connectivity index (χ2v) is 5.68. The summed E-state index contributed by atoms with van der Waals surface area (Å²) >= 11 is 0. The van der Waals surface area contributed by atoms with Crippen LogP contribution < -0.4 is 0 Å². The minimum Gasteiger partial charge on any atom is -0.0654 e. The third-order valence-electron chi connectivity index (χ3n) is 4.41. The molecule has 0 aromatic heterocycles. The van der Waals surface area contributed by atoms with E-state index in [1.54, 1.807) is 0 Å². The minimum atomic E-state index is 0.902. The highest BCUT2D eigenvalue weighted by Gasteiger charge is 2.15. The maximum atomic E-state index is 2.43. The lowest BCUT2D eigenvalue weighted by molar-refractivity contribution is 0.279. The maximum absolute atomic E-state index is 2.43. The second-order valence-electron chi connectivity index (χ2n) is 5.68. The molecule has 0 nitrogen and oxygen atoms in total. The van der Waals surface area contributed by atoms with Crippen LogP contribution in [0, 0.1) is 23.7 Å². The summed E-state index contributed by atoms with van der Waals surface area (Å²) in [5.74, 6) is 3.64. The molecule has 0 aliphatic rings. The molecule has 0 bridgehead atoms. The van der Waals surface area contributed by atoms with Crippen molar-refractivity contribution in [1.82, 2.24) is 0 Å². The van der Waals surface area contributed by atoms with Gasteiger partial charge in [-0.3, -0.25) is 0 Å². The van der Waals surface area contributed by atoms with E-state index in [4.69, 9.17) is 0 Å². The standard InChI is InChI=1S/C15H32/c1-7-9-13(4)15(6)11-10-14(5)12(3)8-2/h12-15H,7-11H2,1-6H3. The predicted octanol–water partition coefficient (Wildman–Crippen LogP) is 5.52. The molecule has 15 heavy (non-hydrogen) atoms. The van der Waals surface area contributed by atoms with Crippen molar-refractivity contribution in [2.75, 3.05) is 0 Å². The normalized spacial score (nSPS) is 19.6. The third kappa shape index (κ3) is 6.22. The fraction of sp³-hybridized carbons (Fsp3) is 1.00. The highest BCUT2D eigenvalue weighted by molar-refractivity contribution is 4.66. The summed E-state index contributed by atoms with van der Waals surface area (Å²) in [5, 5.41) is 0. The largest absolute Gasteiger partial charge is 0.0654 e. The van der Waals surface area contributed by atoms with E-state index in [0.29, 0.717) is 0 Å². The van der Waals surface area contributed by atoms with Crippen molar-refractivity contribution in [2.24, 2.45) is 23.7 Å². The van der Waals surface area contributed by atoms with Gasteiger partial charge in [0, 0.05) is 0 Å². The number of rotatable bonds is 8. The van der Waals surface area contributed by atoms with Gasteiger partial charge in [-0.05, 0) is 23.7 Å². The molecule has 0 saturated heterocycles. The molecule has 0 fully saturated rings. The minimum absolute atomic E-state index is 0.902. The molecule has 0 aliphatic heterocycles. The summed E-state index contributed by atoms with van der Waals surface area (Å²) in [5.41, 5.74) is 0. The first-order valence-corrected chi connectivity index (χ1v) is 7.02. The molecule has 4 unspecified atom stereocenters. The highest BCUT2D eigenvalue weighted by atomic mass is 14.2. The van der Waals surface area contributed by atoms with E-state index in [0.717, 1.165) is 23.7 Å². The van der Waals surface area contributed by atoms with Gasteiger partial charge in [0.25, 0.3) is 0 Å². The summed E-state index contributed by atoms with van der Waals surface area (Å²) < 4.78 is 0. The Hall–Kier alpha value is 0. The van der Waals surface area contributed by atoms with Gasteiger partial charge in [0.15, 0.2) is 0 Å². The average molecular weight is 212 g/mol. The molecule has 92 valence electrons. The Morgan fingerprint density at radius 3 is 1.40 bits per heavy atom. The van der Waals surface area contributed by atoms with E-state index in [9.17, 15) is 0 Å². The Balaban J connectivity index is 3.74. The van der Waals surface area contributed by atoms with Gasteiger partial charge in [-0.25, -0.2) is 0 Å². The molecule has 0 N–H and O–H groups in total. The first kappa shape index (κ1) is 15.0. The van der Waals surface area contributed by atoms with Crippen molar-refractivity contribution in [3.63, 3.8) is 0 Å². The first-order valence-electron chi connectivity index (χ1n) is 7.02. The average Bonchev–Trinajstić information content (AvgIpc) is 2.24. The van der Waals surface area contributed by atoms with E-state index in [2.05, 4.69) is 41.5 Å². The van der Waals surface area contributed by atoms with Crippen LogP contribution in [0.5, 0.6) is 0 Å². The SMILES string of the molecule is CCCC(C)C(C)CCC(C)C(C)CC. The zero-order valence-electron chi connectivity index (χ0n) is 11.8. The van der Waals surface area contributed by atoms with Gasteiger partial charge in [0.1, 0.15) is 0 Å². The summed E-state index contributed by atoms with van der Waals surface area (Å²) in [4.78, 5) is 0. The molecule has 0 saturated carbocycles. The Labute approximate surface area is 97.8 Å². The zero-order valence-corrected chi connectivity index (χ0v) is 11.8. The van der Waals surface area contributed by atoms with Gasteiger partial charge >= 0.3 is 0 Å². The Bertz CT molecular complexity index is 139. The summed E-state index contributed by atoms with van der Waals surface area (Å²) in [6, 6.07) is 0. The van der Waals surface area contributed by atoms with Crippen LogP contribution in [0.3, 0.4) is 0 Å². The van der Waals surface area contributed by atoms with Crippen LogP contribution in [0.2, 0.25) is 0 Å². The third-order valence-corrected chi connectivity index (χ3v) is 4.41. The molecule has 0 aromatic rings. The Morgan fingerprint density at radius 2 is 1.00 bits per heavy atom. The van der Waals surface area contributed by atoms with Crippen molar-refractivity contribution in [2.45, 2.75) is 73.6 Å². The predicted molar refractivity (Wildman–Crippen MR) is 71.1 cm³/mol. The Kier molecular flexibility index (Phi) is 8.19. The van der Waals surface area contributed by atoms with E-state index in [1.807, 2.05) is 0 Å². The van der Waals surface area contributed by atoms with Crippen LogP contribution in [-0.4, -0.2) is 0 Å². The molecule has 0 rings (SSSR count). The van der Waals surface area contributed by atoms with Crippen molar-refractivity contribution in [1.29, 1.82) is 0 Å². The van der Waals surface area contributed by atoms with Crippen molar-refractivity contribution in [3.8, 4) is 0 Å². The highest BCUT2D eigenvalue weighted by Crippen LogP contribution is 2.26. The number of hydrogen-bond donors (Lipinski definition) is 0. The number of hydrogen-bond acceptors (Lipinski definition) is 0. The Morgan fingerprint density at radius 1 is 0.600 bits per heavy atom. The van der Waals surface area contributed by atoms with Gasteiger partial charge in [0.2, 0.25) is 0 Å². The zero-order chi connectivity index (χ0) is 11.8. The molecular formula is C15H32. The van der Waals surface area contributed by atoms with E-state index < -0.39 is 0 Å². The molecule has 0 spiro atoms. The fourth-order valence-corrected chi connectivity index (χ4v) is 2.24. The van der Waals surface area contributed by atoms with Crippen LogP contribution in [0.15, 0.2) is 0 Å². The van der Waals surface area contributed by atoms with Gasteiger partial charge in [-0.2, -0.15) is 0 Å². The topological polar surface area (TPSA) is 0 Å². The van der Waals surface area contributed by atoms with Crippen LogP contribution in [0.4, 0.5) is 0 Å². The van der Waals surface area contributed by atoms with Crippen LogP contribution in [-0.2, 0) is 0 Å². The second kappa shape index (κ2) is 8.19. The van der Waals surface area contributed by atoms with Crippen molar-refractivity contribution < 1.29 is 0 Å². The lowest BCUT2D eigenvalue weighted by Crippen LogP contribution is -2.12. The van der Waals surface area contributed by atoms with Gasteiger partial charge in [0.05, 0.1) is 0 Å². The van der Waals surface area contributed by atoms with Crippen LogP contribution >= 0.6 is 0 Å². The van der Waals surface area contributed by atoms with Crippen molar-refractivity contribution >= 4 is 0 Å². The molecular weight excluding hydrogens is 180 g/mol. The molecule has 0 heterocycles. The lowest BCUT2D eigenvalue weighted by Gasteiger charge is -2.23. The summed E-state index contributed by atoms with van der Waals surface area (Å²) in [6.45, 7) is 14.3. The monoisotopic (exact) mass is 212 g/mol. The van der Waals surface area contributed by atoms with E-state index in [1.165, 1.54) is 32.1 Å². The van der Waals surface area contributed by atoms with Crippen molar-refractivity contribution in [3.05, 3.63) is 0 Å². The first-order chi connectivity index (χ1) is 7.02. The quantitative estimate of drug-likeness (QED) is 0.497. The molecule has 0 radical (unpaired) electrons. The van der Waals surface area contributed by atoms with Gasteiger partial charge in [-0.15, -0.1) is 0 Å². The van der Waals surface area contributed by atoms with E-state index >= 15 is 0 Å². The molecule has 0 aliphatic carbocycles. The molecule has 4 atom stereocenters. The van der Waals surface area contributed by atoms with Crippen LogP contribution in [0.1, 0.15) is 73.6 Å². The van der Waals surface area contributed by atoms with E-state index in [-0.39, 0.29) is 0 Å². The lowest BCUT2D eigenvalue weighted by atomic mass is 9.83. The van der Waals surface area contributed by atoms with Gasteiger partial charge < -0.3 is 0 Å². The molecule has 0 aromatic carbocycles. The smallest absolute Gasteiger partial charge is 0.0417 e. The molecule has 0 heteroatoms. The fourth-order valence-electron chi connectivity index (χ4n) is 2.24. The summed E-state index contributed by atoms with van der Waals surface area (Å²) in [6.07, 6.45) is 6.92.